The molecule has 0 radical (unpaired) electrons. The second kappa shape index (κ2) is 5.83. The van der Waals surface area contributed by atoms with E-state index in [0.717, 1.165) is 0 Å². The van der Waals surface area contributed by atoms with Gasteiger partial charge in [0.2, 0.25) is 0 Å². The molecule has 0 fully saturated rings. The van der Waals surface area contributed by atoms with Gasteiger partial charge in [0.25, 0.3) is 5.91 Å². The lowest BCUT2D eigenvalue weighted by Gasteiger charge is -2.11. The Kier molecular flexibility index (Phi) is 4.45. The van der Waals surface area contributed by atoms with E-state index in [-0.39, 0.29) is 6.54 Å². The molecule has 0 bridgehead atoms. The average molecular weight is 240 g/mol. The second-order valence-corrected chi connectivity index (χ2v) is 3.39. The summed E-state index contributed by atoms with van der Waals surface area (Å²) in [4.78, 5) is 21.8. The first-order chi connectivity index (χ1) is 8.00. The molecule has 3 N–H and O–H groups in total. The lowest BCUT2D eigenvalue weighted by Crippen LogP contribution is -2.36. The van der Waals surface area contributed by atoms with Gasteiger partial charge in [0, 0.05) is 12.1 Å². The smallest absolute Gasteiger partial charge is 0.405 e. The highest BCUT2D eigenvalue weighted by Gasteiger charge is 2.15. The van der Waals surface area contributed by atoms with Gasteiger partial charge in [-0.2, -0.15) is 0 Å². The Balaban J connectivity index is 2.48. The quantitative estimate of drug-likeness (QED) is 0.821. The number of primary amides is 1. The lowest BCUT2D eigenvalue weighted by atomic mass is 10.2. The average Bonchev–Trinajstić information content (AvgIpc) is 2.26. The Hall–Kier alpha value is -2.11. The molecule has 0 unspecified atom stereocenters. The Bertz CT molecular complexity index is 423. The van der Waals surface area contributed by atoms with Crippen molar-refractivity contribution in [3.05, 3.63) is 35.6 Å². The maximum atomic E-state index is 13.2. The van der Waals surface area contributed by atoms with E-state index in [2.05, 4.69) is 10.1 Å². The van der Waals surface area contributed by atoms with Crippen molar-refractivity contribution >= 4 is 12.0 Å². The highest BCUT2D eigenvalue weighted by atomic mass is 19.1. The number of rotatable bonds is 4. The number of benzene rings is 1. The van der Waals surface area contributed by atoms with Crippen molar-refractivity contribution in [2.45, 2.75) is 19.6 Å². The highest BCUT2D eigenvalue weighted by molar-refractivity contribution is 5.82. The van der Waals surface area contributed by atoms with Crippen LogP contribution >= 0.6 is 0 Å². The largest absolute Gasteiger partial charge is 0.437 e. The van der Waals surface area contributed by atoms with E-state index in [0.29, 0.717) is 5.56 Å². The standard InChI is InChI=1S/C11H13FN2O3/c1-7(17-11(13)16)10(15)14-6-8-4-2-3-5-9(8)12/h2-5,7H,6H2,1H3,(H2,13,16)(H,14,15)/t7-/m1/s1. The van der Waals surface area contributed by atoms with E-state index in [1.807, 2.05) is 0 Å². The zero-order chi connectivity index (χ0) is 12.8. The minimum absolute atomic E-state index is 0.0258. The molecule has 0 aliphatic heterocycles. The fraction of sp³-hybridized carbons (Fsp3) is 0.273. The number of hydrogen-bond acceptors (Lipinski definition) is 3. The van der Waals surface area contributed by atoms with Crippen LogP contribution in [0.4, 0.5) is 9.18 Å². The molecule has 6 heteroatoms. The SMILES string of the molecule is C[C@@H](OC(N)=O)C(=O)NCc1ccccc1F. The van der Waals surface area contributed by atoms with Crippen LogP contribution in [-0.4, -0.2) is 18.1 Å². The van der Waals surface area contributed by atoms with Gasteiger partial charge in [-0.1, -0.05) is 18.2 Å². The molecule has 92 valence electrons. The molecule has 17 heavy (non-hydrogen) atoms. The number of amides is 2. The van der Waals surface area contributed by atoms with Crippen LogP contribution in [0.3, 0.4) is 0 Å². The van der Waals surface area contributed by atoms with Crippen molar-refractivity contribution in [3.63, 3.8) is 0 Å². The lowest BCUT2D eigenvalue weighted by molar-refractivity contribution is -0.128. The Morgan fingerprint density at radius 3 is 2.71 bits per heavy atom. The van der Waals surface area contributed by atoms with Crippen molar-refractivity contribution in [1.82, 2.24) is 5.32 Å². The fourth-order valence-electron chi connectivity index (χ4n) is 1.20. The summed E-state index contributed by atoms with van der Waals surface area (Å²) in [5.74, 6) is -0.941. The number of hydrogen-bond donors (Lipinski definition) is 2. The molecule has 0 aliphatic rings. The maximum Gasteiger partial charge on any atom is 0.405 e. The van der Waals surface area contributed by atoms with E-state index in [1.165, 1.54) is 13.0 Å². The molecule has 0 saturated carbocycles. The normalized spacial score (nSPS) is 11.6. The molecule has 0 aromatic heterocycles. The molecule has 1 aromatic rings. The molecule has 0 heterocycles. The minimum Gasteiger partial charge on any atom is -0.437 e. The fourth-order valence-corrected chi connectivity index (χ4v) is 1.20. The highest BCUT2D eigenvalue weighted by Crippen LogP contribution is 2.05. The number of nitrogens with one attached hydrogen (secondary N) is 1. The first kappa shape index (κ1) is 13.0. The van der Waals surface area contributed by atoms with E-state index >= 15 is 0 Å². The number of carbonyl (C=O) groups is 2. The van der Waals surface area contributed by atoms with Crippen LogP contribution in [0.25, 0.3) is 0 Å². The van der Waals surface area contributed by atoms with Crippen molar-refractivity contribution in [2.24, 2.45) is 5.73 Å². The van der Waals surface area contributed by atoms with Crippen LogP contribution < -0.4 is 11.1 Å². The van der Waals surface area contributed by atoms with Gasteiger partial charge in [0.05, 0.1) is 0 Å². The van der Waals surface area contributed by atoms with E-state index in [1.54, 1.807) is 18.2 Å². The van der Waals surface area contributed by atoms with Gasteiger partial charge in [-0.05, 0) is 13.0 Å². The van der Waals surface area contributed by atoms with Crippen LogP contribution in [0.2, 0.25) is 0 Å². The van der Waals surface area contributed by atoms with E-state index in [4.69, 9.17) is 5.73 Å². The van der Waals surface area contributed by atoms with Crippen LogP contribution in [-0.2, 0) is 16.1 Å². The van der Waals surface area contributed by atoms with Gasteiger partial charge in [-0.3, -0.25) is 4.79 Å². The second-order valence-electron chi connectivity index (χ2n) is 3.39. The summed E-state index contributed by atoms with van der Waals surface area (Å²) in [6.07, 6.45) is -2.03. The summed E-state index contributed by atoms with van der Waals surface area (Å²) in [5.41, 5.74) is 5.12. The molecule has 2 amide bonds. The van der Waals surface area contributed by atoms with Gasteiger partial charge in [-0.15, -0.1) is 0 Å². The molecule has 0 saturated heterocycles. The summed E-state index contributed by atoms with van der Waals surface area (Å²) in [6, 6.07) is 6.06. The Morgan fingerprint density at radius 2 is 2.12 bits per heavy atom. The maximum absolute atomic E-state index is 13.2. The summed E-state index contributed by atoms with van der Waals surface area (Å²) < 4.78 is 17.7. The van der Waals surface area contributed by atoms with E-state index < -0.39 is 23.9 Å². The van der Waals surface area contributed by atoms with Gasteiger partial charge < -0.3 is 15.8 Å². The van der Waals surface area contributed by atoms with Gasteiger partial charge >= 0.3 is 6.09 Å². The third-order valence-electron chi connectivity index (χ3n) is 2.07. The van der Waals surface area contributed by atoms with Crippen molar-refractivity contribution in [3.8, 4) is 0 Å². The van der Waals surface area contributed by atoms with Gasteiger partial charge in [0.1, 0.15) is 5.82 Å². The topological polar surface area (TPSA) is 81.4 Å². The summed E-state index contributed by atoms with van der Waals surface area (Å²) in [7, 11) is 0. The third-order valence-corrected chi connectivity index (χ3v) is 2.07. The summed E-state index contributed by atoms with van der Waals surface area (Å²) in [6.45, 7) is 1.40. The van der Waals surface area contributed by atoms with Crippen LogP contribution in [0.5, 0.6) is 0 Å². The number of halogens is 1. The number of carbonyl (C=O) groups excluding carboxylic acids is 2. The van der Waals surface area contributed by atoms with Crippen molar-refractivity contribution < 1.29 is 18.7 Å². The molecule has 1 rings (SSSR count). The molecule has 0 aliphatic carbocycles. The zero-order valence-corrected chi connectivity index (χ0v) is 9.27. The predicted octanol–water partition coefficient (Wildman–Crippen LogP) is 0.926. The minimum atomic E-state index is -1.03. The number of ether oxygens (including phenoxy) is 1. The van der Waals surface area contributed by atoms with Crippen LogP contribution in [0.1, 0.15) is 12.5 Å². The van der Waals surface area contributed by atoms with Crippen molar-refractivity contribution in [2.75, 3.05) is 0 Å². The zero-order valence-electron chi connectivity index (χ0n) is 9.27. The first-order valence-corrected chi connectivity index (χ1v) is 4.98. The monoisotopic (exact) mass is 240 g/mol. The Labute approximate surface area is 97.7 Å². The number of nitrogens with two attached hydrogens (primary N) is 1. The van der Waals surface area contributed by atoms with Crippen LogP contribution in [0, 0.1) is 5.82 Å². The molecule has 1 aromatic carbocycles. The Morgan fingerprint density at radius 1 is 1.47 bits per heavy atom. The molecular weight excluding hydrogens is 227 g/mol. The molecule has 5 nitrogen and oxygen atoms in total. The molecule has 1 atom stereocenters. The van der Waals surface area contributed by atoms with Gasteiger partial charge in [-0.25, -0.2) is 9.18 Å². The summed E-state index contributed by atoms with van der Waals surface area (Å²) >= 11 is 0. The third kappa shape index (κ3) is 4.10. The van der Waals surface area contributed by atoms with Crippen molar-refractivity contribution in [1.29, 1.82) is 0 Å². The van der Waals surface area contributed by atoms with Crippen LogP contribution in [0.15, 0.2) is 24.3 Å². The molecule has 0 spiro atoms. The molecular formula is C11H13FN2O3. The van der Waals surface area contributed by atoms with Gasteiger partial charge in [0.15, 0.2) is 6.10 Å². The van der Waals surface area contributed by atoms with E-state index in [9.17, 15) is 14.0 Å². The summed E-state index contributed by atoms with van der Waals surface area (Å²) in [5, 5.41) is 2.43. The first-order valence-electron chi connectivity index (χ1n) is 4.98. The predicted molar refractivity (Wildman–Crippen MR) is 58.4 cm³/mol.